The van der Waals surface area contributed by atoms with Crippen LogP contribution in [0.2, 0.25) is 0 Å². The van der Waals surface area contributed by atoms with Gasteiger partial charge in [-0.3, -0.25) is 0 Å². The van der Waals surface area contributed by atoms with Gasteiger partial charge in [0.25, 0.3) is 0 Å². The predicted molar refractivity (Wildman–Crippen MR) is 80.1 cm³/mol. The molecule has 0 bridgehead atoms. The van der Waals surface area contributed by atoms with E-state index in [-0.39, 0.29) is 5.82 Å². The Hall–Kier alpha value is -2.35. The SMILES string of the molecule is Cc1cn(Cc2ccccc2)cc1-c1ccccc1F. The fourth-order valence-electron chi connectivity index (χ4n) is 2.47. The first-order chi connectivity index (χ1) is 9.74. The highest BCUT2D eigenvalue weighted by molar-refractivity contribution is 5.67. The molecule has 0 aliphatic heterocycles. The van der Waals surface area contributed by atoms with Crippen molar-refractivity contribution in [3.63, 3.8) is 0 Å². The summed E-state index contributed by atoms with van der Waals surface area (Å²) >= 11 is 0. The Morgan fingerprint density at radius 3 is 2.30 bits per heavy atom. The molecule has 1 aromatic heterocycles. The van der Waals surface area contributed by atoms with Crippen LogP contribution in [0.5, 0.6) is 0 Å². The fraction of sp³-hybridized carbons (Fsp3) is 0.111. The number of aromatic nitrogens is 1. The first kappa shape index (κ1) is 12.7. The maximum atomic E-state index is 13.9. The maximum absolute atomic E-state index is 13.9. The lowest BCUT2D eigenvalue weighted by Gasteiger charge is -2.03. The summed E-state index contributed by atoms with van der Waals surface area (Å²) < 4.78 is 16.0. The third-order valence-corrected chi connectivity index (χ3v) is 3.45. The summed E-state index contributed by atoms with van der Waals surface area (Å²) in [5.41, 5.74) is 3.95. The van der Waals surface area contributed by atoms with Crippen LogP contribution in [-0.2, 0) is 6.54 Å². The molecule has 20 heavy (non-hydrogen) atoms. The molecule has 3 aromatic rings. The van der Waals surface area contributed by atoms with Crippen molar-refractivity contribution in [2.75, 3.05) is 0 Å². The van der Waals surface area contributed by atoms with Crippen LogP contribution in [0, 0.1) is 12.7 Å². The lowest BCUT2D eigenvalue weighted by Crippen LogP contribution is -1.95. The second-order valence-corrected chi connectivity index (χ2v) is 4.99. The van der Waals surface area contributed by atoms with E-state index in [2.05, 4.69) is 22.9 Å². The van der Waals surface area contributed by atoms with Crippen molar-refractivity contribution < 1.29 is 4.39 Å². The van der Waals surface area contributed by atoms with E-state index >= 15 is 0 Å². The summed E-state index contributed by atoms with van der Waals surface area (Å²) in [7, 11) is 0. The molecular formula is C18H16FN. The van der Waals surface area contributed by atoms with Crippen LogP contribution < -0.4 is 0 Å². The number of hydrogen-bond acceptors (Lipinski definition) is 0. The van der Waals surface area contributed by atoms with Crippen LogP contribution >= 0.6 is 0 Å². The van der Waals surface area contributed by atoms with Gasteiger partial charge in [-0.05, 0) is 24.1 Å². The molecule has 1 heterocycles. The van der Waals surface area contributed by atoms with Gasteiger partial charge in [0, 0.05) is 30.1 Å². The van der Waals surface area contributed by atoms with Crippen molar-refractivity contribution in [2.24, 2.45) is 0 Å². The molecule has 0 saturated heterocycles. The zero-order valence-electron chi connectivity index (χ0n) is 11.4. The van der Waals surface area contributed by atoms with Crippen LogP contribution in [0.3, 0.4) is 0 Å². The molecule has 0 fully saturated rings. The minimum Gasteiger partial charge on any atom is -0.349 e. The van der Waals surface area contributed by atoms with Crippen molar-refractivity contribution in [3.05, 3.63) is 83.9 Å². The van der Waals surface area contributed by atoms with Crippen LogP contribution in [-0.4, -0.2) is 4.57 Å². The average Bonchev–Trinajstić information content (AvgIpc) is 2.81. The topological polar surface area (TPSA) is 4.93 Å². The number of benzene rings is 2. The molecular weight excluding hydrogens is 249 g/mol. The number of rotatable bonds is 3. The van der Waals surface area contributed by atoms with Crippen LogP contribution in [0.25, 0.3) is 11.1 Å². The quantitative estimate of drug-likeness (QED) is 0.649. The summed E-state index contributed by atoms with van der Waals surface area (Å²) in [6, 6.07) is 17.2. The summed E-state index contributed by atoms with van der Waals surface area (Å²) in [6.07, 6.45) is 4.08. The molecule has 0 spiro atoms. The molecule has 0 N–H and O–H groups in total. The van der Waals surface area contributed by atoms with Gasteiger partial charge in [0.15, 0.2) is 0 Å². The summed E-state index contributed by atoms with van der Waals surface area (Å²) in [4.78, 5) is 0. The number of halogens is 1. The van der Waals surface area contributed by atoms with Crippen LogP contribution in [0.15, 0.2) is 67.0 Å². The molecule has 0 amide bonds. The van der Waals surface area contributed by atoms with Gasteiger partial charge in [-0.1, -0.05) is 48.5 Å². The highest BCUT2D eigenvalue weighted by Gasteiger charge is 2.09. The zero-order chi connectivity index (χ0) is 13.9. The summed E-state index contributed by atoms with van der Waals surface area (Å²) in [6.45, 7) is 2.82. The third kappa shape index (κ3) is 2.50. The van der Waals surface area contributed by atoms with Crippen molar-refractivity contribution in [1.82, 2.24) is 4.57 Å². The first-order valence-corrected chi connectivity index (χ1v) is 6.69. The van der Waals surface area contributed by atoms with Gasteiger partial charge in [-0.2, -0.15) is 0 Å². The minimum atomic E-state index is -0.173. The van der Waals surface area contributed by atoms with Gasteiger partial charge in [0.1, 0.15) is 5.82 Å². The lowest BCUT2D eigenvalue weighted by molar-refractivity contribution is 0.631. The first-order valence-electron chi connectivity index (χ1n) is 6.69. The number of hydrogen-bond donors (Lipinski definition) is 0. The van der Waals surface area contributed by atoms with Crippen LogP contribution in [0.1, 0.15) is 11.1 Å². The second-order valence-electron chi connectivity index (χ2n) is 4.99. The molecule has 0 radical (unpaired) electrons. The van der Waals surface area contributed by atoms with E-state index in [1.165, 1.54) is 11.6 Å². The number of aryl methyl sites for hydroxylation is 1. The van der Waals surface area contributed by atoms with E-state index in [0.29, 0.717) is 5.56 Å². The number of nitrogens with zero attached hydrogens (tertiary/aromatic N) is 1. The Morgan fingerprint density at radius 2 is 1.55 bits per heavy atom. The van der Waals surface area contributed by atoms with Gasteiger partial charge >= 0.3 is 0 Å². The molecule has 100 valence electrons. The Bertz CT molecular complexity index is 713. The van der Waals surface area contributed by atoms with E-state index in [4.69, 9.17) is 0 Å². The molecule has 0 aliphatic rings. The Kier molecular flexibility index (Phi) is 3.38. The Balaban J connectivity index is 1.94. The van der Waals surface area contributed by atoms with Crippen molar-refractivity contribution in [1.29, 1.82) is 0 Å². The van der Waals surface area contributed by atoms with E-state index in [9.17, 15) is 4.39 Å². The van der Waals surface area contributed by atoms with E-state index < -0.39 is 0 Å². The summed E-state index contributed by atoms with van der Waals surface area (Å²) in [5.74, 6) is -0.173. The van der Waals surface area contributed by atoms with Gasteiger partial charge in [-0.15, -0.1) is 0 Å². The Labute approximate surface area is 118 Å². The van der Waals surface area contributed by atoms with Gasteiger partial charge < -0.3 is 4.57 Å². The minimum absolute atomic E-state index is 0.173. The fourth-order valence-corrected chi connectivity index (χ4v) is 2.47. The van der Waals surface area contributed by atoms with E-state index in [0.717, 1.165) is 17.7 Å². The van der Waals surface area contributed by atoms with Crippen molar-refractivity contribution in [3.8, 4) is 11.1 Å². The molecule has 1 nitrogen and oxygen atoms in total. The van der Waals surface area contributed by atoms with Gasteiger partial charge in [0.2, 0.25) is 0 Å². The maximum Gasteiger partial charge on any atom is 0.131 e. The molecule has 0 atom stereocenters. The monoisotopic (exact) mass is 265 g/mol. The van der Waals surface area contributed by atoms with Gasteiger partial charge in [0.05, 0.1) is 0 Å². The standard InChI is InChI=1S/C18H16FN/c1-14-11-20(12-15-7-3-2-4-8-15)13-17(14)16-9-5-6-10-18(16)19/h2-11,13H,12H2,1H3. The zero-order valence-corrected chi connectivity index (χ0v) is 11.4. The third-order valence-electron chi connectivity index (χ3n) is 3.45. The predicted octanol–water partition coefficient (Wildman–Crippen LogP) is 4.65. The van der Waals surface area contributed by atoms with E-state index in [1.54, 1.807) is 6.07 Å². The second kappa shape index (κ2) is 5.33. The van der Waals surface area contributed by atoms with E-state index in [1.807, 2.05) is 43.5 Å². The van der Waals surface area contributed by atoms with Gasteiger partial charge in [-0.25, -0.2) is 4.39 Å². The summed E-state index contributed by atoms with van der Waals surface area (Å²) in [5, 5.41) is 0. The highest BCUT2D eigenvalue weighted by atomic mass is 19.1. The normalized spacial score (nSPS) is 10.7. The van der Waals surface area contributed by atoms with Crippen molar-refractivity contribution >= 4 is 0 Å². The molecule has 2 aromatic carbocycles. The molecule has 3 rings (SSSR count). The molecule has 0 aliphatic carbocycles. The van der Waals surface area contributed by atoms with Crippen molar-refractivity contribution in [2.45, 2.75) is 13.5 Å². The average molecular weight is 265 g/mol. The lowest BCUT2D eigenvalue weighted by atomic mass is 10.1. The molecule has 0 unspecified atom stereocenters. The van der Waals surface area contributed by atoms with Crippen LogP contribution in [0.4, 0.5) is 4.39 Å². The highest BCUT2D eigenvalue weighted by Crippen LogP contribution is 2.27. The molecule has 0 saturated carbocycles. The Morgan fingerprint density at radius 1 is 0.850 bits per heavy atom. The smallest absolute Gasteiger partial charge is 0.131 e. The largest absolute Gasteiger partial charge is 0.349 e. The molecule has 2 heteroatoms.